The quantitative estimate of drug-likeness (QED) is 0.156. The standard InChI is InChI=1S/C26H33N3O4/c1-3-4-5-6-17-27-18-22-11-9-20(10-12-22)7-8-21-13-15-23(16-14-21)25(31)28-24(19(2)30)26(32)29-33/h9-16,19,24,27,30,33H,3-6,17-18H2,1-2H3,(H,28,31)(H,29,32)/t19-,24+/m1/s1. The Bertz CT molecular complexity index is 944. The van der Waals surface area contributed by atoms with E-state index in [1.54, 1.807) is 24.3 Å². The molecule has 2 aromatic rings. The van der Waals surface area contributed by atoms with E-state index in [2.05, 4.69) is 41.5 Å². The lowest BCUT2D eigenvalue weighted by molar-refractivity contribution is -0.133. The van der Waals surface area contributed by atoms with Gasteiger partial charge in [-0.2, -0.15) is 0 Å². The lowest BCUT2D eigenvalue weighted by atomic mass is 10.1. The van der Waals surface area contributed by atoms with Gasteiger partial charge in [-0.1, -0.05) is 50.2 Å². The number of carbonyl (C=O) groups is 2. The number of amides is 2. The predicted octanol–water partition coefficient (Wildman–Crippen LogP) is 2.74. The van der Waals surface area contributed by atoms with Gasteiger partial charge >= 0.3 is 0 Å². The minimum atomic E-state index is -1.26. The van der Waals surface area contributed by atoms with E-state index in [-0.39, 0.29) is 0 Å². The highest BCUT2D eigenvalue weighted by molar-refractivity contribution is 5.97. The molecule has 0 aliphatic heterocycles. The first-order valence-corrected chi connectivity index (χ1v) is 11.3. The second kappa shape index (κ2) is 14.1. The Morgan fingerprint density at radius 1 is 0.939 bits per heavy atom. The molecule has 176 valence electrons. The molecule has 0 heterocycles. The molecule has 0 aliphatic carbocycles. The molecule has 0 radical (unpaired) electrons. The van der Waals surface area contributed by atoms with Gasteiger partial charge in [0, 0.05) is 23.2 Å². The highest BCUT2D eigenvalue weighted by atomic mass is 16.5. The van der Waals surface area contributed by atoms with E-state index in [9.17, 15) is 14.7 Å². The molecular weight excluding hydrogens is 418 g/mol. The summed E-state index contributed by atoms with van der Waals surface area (Å²) in [5.74, 6) is 4.75. The second-order valence-corrected chi connectivity index (χ2v) is 7.93. The van der Waals surface area contributed by atoms with Gasteiger partial charge in [-0.05, 0) is 61.9 Å². The van der Waals surface area contributed by atoms with Crippen molar-refractivity contribution in [3.8, 4) is 11.8 Å². The first-order chi connectivity index (χ1) is 15.9. The number of carbonyl (C=O) groups excluding carboxylic acids is 2. The van der Waals surface area contributed by atoms with Gasteiger partial charge in [-0.15, -0.1) is 0 Å². The van der Waals surface area contributed by atoms with E-state index in [4.69, 9.17) is 5.21 Å². The number of benzene rings is 2. The number of aliphatic hydroxyl groups is 1. The van der Waals surface area contributed by atoms with E-state index in [0.29, 0.717) is 5.56 Å². The van der Waals surface area contributed by atoms with Gasteiger partial charge < -0.3 is 15.7 Å². The van der Waals surface area contributed by atoms with Gasteiger partial charge in [0.25, 0.3) is 11.8 Å². The second-order valence-electron chi connectivity index (χ2n) is 7.93. The molecule has 2 atom stereocenters. The molecule has 0 aromatic heterocycles. The molecule has 7 heteroatoms. The molecular formula is C26H33N3O4. The summed E-state index contributed by atoms with van der Waals surface area (Å²) in [6.07, 6.45) is 3.85. The van der Waals surface area contributed by atoms with Crippen LogP contribution in [0.4, 0.5) is 0 Å². The fourth-order valence-corrected chi connectivity index (χ4v) is 3.16. The molecule has 0 bridgehead atoms. The monoisotopic (exact) mass is 451 g/mol. The molecule has 7 nitrogen and oxygen atoms in total. The highest BCUT2D eigenvalue weighted by Gasteiger charge is 2.25. The Kier molecular flexibility index (Phi) is 11.1. The van der Waals surface area contributed by atoms with Crippen molar-refractivity contribution in [2.75, 3.05) is 6.54 Å². The Labute approximate surface area is 195 Å². The highest BCUT2D eigenvalue weighted by Crippen LogP contribution is 2.07. The largest absolute Gasteiger partial charge is 0.391 e. The van der Waals surface area contributed by atoms with Crippen LogP contribution >= 0.6 is 0 Å². The third kappa shape index (κ3) is 9.07. The van der Waals surface area contributed by atoms with Crippen LogP contribution in [0.15, 0.2) is 48.5 Å². The number of hydroxylamine groups is 1. The first kappa shape index (κ1) is 26.1. The molecule has 5 N–H and O–H groups in total. The molecule has 2 rings (SSSR count). The normalized spacial score (nSPS) is 12.2. The van der Waals surface area contributed by atoms with Crippen molar-refractivity contribution < 1.29 is 19.9 Å². The Hall–Kier alpha value is -3.18. The van der Waals surface area contributed by atoms with Crippen LogP contribution in [0, 0.1) is 11.8 Å². The van der Waals surface area contributed by atoms with E-state index >= 15 is 0 Å². The summed E-state index contributed by atoms with van der Waals surface area (Å²) in [6.45, 7) is 5.43. The van der Waals surface area contributed by atoms with Gasteiger partial charge in [-0.25, -0.2) is 5.48 Å². The van der Waals surface area contributed by atoms with Crippen LogP contribution in [0.2, 0.25) is 0 Å². The zero-order valence-corrected chi connectivity index (χ0v) is 19.2. The molecule has 2 aromatic carbocycles. The van der Waals surface area contributed by atoms with Gasteiger partial charge in [0.1, 0.15) is 6.04 Å². The van der Waals surface area contributed by atoms with Crippen LogP contribution in [-0.4, -0.2) is 40.8 Å². The van der Waals surface area contributed by atoms with E-state index in [1.165, 1.54) is 43.7 Å². The summed E-state index contributed by atoms with van der Waals surface area (Å²) in [5.41, 5.74) is 4.60. The van der Waals surface area contributed by atoms with Crippen molar-refractivity contribution in [2.45, 2.75) is 58.2 Å². The van der Waals surface area contributed by atoms with Gasteiger partial charge in [0.2, 0.25) is 0 Å². The maximum Gasteiger partial charge on any atom is 0.268 e. The van der Waals surface area contributed by atoms with Gasteiger partial charge in [0.15, 0.2) is 0 Å². The van der Waals surface area contributed by atoms with E-state index in [1.807, 2.05) is 12.1 Å². The third-order valence-electron chi connectivity index (χ3n) is 5.15. The Morgan fingerprint density at radius 3 is 2.09 bits per heavy atom. The number of hydrogen-bond acceptors (Lipinski definition) is 5. The van der Waals surface area contributed by atoms with Crippen LogP contribution < -0.4 is 16.1 Å². The first-order valence-electron chi connectivity index (χ1n) is 11.3. The number of rotatable bonds is 11. The fraction of sp³-hybridized carbons (Fsp3) is 0.385. The lowest BCUT2D eigenvalue weighted by Crippen LogP contribution is -2.51. The van der Waals surface area contributed by atoms with Crippen LogP contribution in [0.5, 0.6) is 0 Å². The third-order valence-corrected chi connectivity index (χ3v) is 5.15. The zero-order valence-electron chi connectivity index (χ0n) is 19.2. The maximum absolute atomic E-state index is 12.3. The lowest BCUT2D eigenvalue weighted by Gasteiger charge is -2.19. The van der Waals surface area contributed by atoms with Crippen molar-refractivity contribution in [1.82, 2.24) is 16.1 Å². The topological polar surface area (TPSA) is 111 Å². The van der Waals surface area contributed by atoms with Crippen LogP contribution in [-0.2, 0) is 11.3 Å². The molecule has 0 fully saturated rings. The minimum Gasteiger partial charge on any atom is -0.391 e. The van der Waals surface area contributed by atoms with Crippen LogP contribution in [0.1, 0.15) is 66.6 Å². The SMILES string of the molecule is CCCCCCNCc1ccc(C#Cc2ccc(C(=O)N[C@H](C(=O)NO)[C@@H](C)O)cc2)cc1. The molecule has 0 saturated carbocycles. The average molecular weight is 452 g/mol. The molecule has 2 amide bonds. The molecule has 0 unspecified atom stereocenters. The van der Waals surface area contributed by atoms with Crippen molar-refractivity contribution >= 4 is 11.8 Å². The Morgan fingerprint density at radius 2 is 1.55 bits per heavy atom. The van der Waals surface area contributed by atoms with Crippen LogP contribution in [0.25, 0.3) is 0 Å². The minimum absolute atomic E-state index is 0.309. The summed E-state index contributed by atoms with van der Waals surface area (Å²) in [6, 6.07) is 13.5. The smallest absolute Gasteiger partial charge is 0.268 e. The summed E-state index contributed by atoms with van der Waals surface area (Å²) in [4.78, 5) is 23.9. The molecule has 0 spiro atoms. The molecule has 0 aliphatic rings. The van der Waals surface area contributed by atoms with Gasteiger partial charge in [-0.3, -0.25) is 14.8 Å². The van der Waals surface area contributed by atoms with Crippen LogP contribution in [0.3, 0.4) is 0 Å². The molecule has 33 heavy (non-hydrogen) atoms. The summed E-state index contributed by atoms with van der Waals surface area (Å²) in [5, 5.41) is 24.2. The fourth-order valence-electron chi connectivity index (χ4n) is 3.16. The van der Waals surface area contributed by atoms with Crippen molar-refractivity contribution in [3.05, 3.63) is 70.8 Å². The van der Waals surface area contributed by atoms with Crippen molar-refractivity contribution in [1.29, 1.82) is 0 Å². The summed E-state index contributed by atoms with van der Waals surface area (Å²) in [7, 11) is 0. The maximum atomic E-state index is 12.3. The van der Waals surface area contributed by atoms with E-state index < -0.39 is 24.0 Å². The zero-order chi connectivity index (χ0) is 24.1. The summed E-state index contributed by atoms with van der Waals surface area (Å²) < 4.78 is 0. The number of aliphatic hydroxyl groups excluding tert-OH is 1. The van der Waals surface area contributed by atoms with E-state index in [0.717, 1.165) is 24.2 Å². The van der Waals surface area contributed by atoms with Crippen molar-refractivity contribution in [2.24, 2.45) is 0 Å². The molecule has 0 saturated heterocycles. The summed E-state index contributed by atoms with van der Waals surface area (Å²) >= 11 is 0. The number of nitrogens with one attached hydrogen (secondary N) is 3. The van der Waals surface area contributed by atoms with Crippen molar-refractivity contribution in [3.63, 3.8) is 0 Å². The average Bonchev–Trinajstić information content (AvgIpc) is 2.83. The van der Waals surface area contributed by atoms with Gasteiger partial charge in [0.05, 0.1) is 6.10 Å². The Balaban J connectivity index is 1.89. The number of hydrogen-bond donors (Lipinski definition) is 5. The number of unbranched alkanes of at least 4 members (excludes halogenated alkanes) is 3. The predicted molar refractivity (Wildman–Crippen MR) is 128 cm³/mol.